The van der Waals surface area contributed by atoms with Crippen molar-refractivity contribution in [3.8, 4) is 0 Å². The molecule has 66 valence electrons. The summed E-state index contributed by atoms with van der Waals surface area (Å²) in [7, 11) is 0. The fourth-order valence-corrected chi connectivity index (χ4v) is 1.18. The van der Waals surface area contributed by atoms with Gasteiger partial charge in [0.1, 0.15) is 0 Å². The second kappa shape index (κ2) is 4.70. The quantitative estimate of drug-likeness (QED) is 0.632. The Morgan fingerprint density at radius 3 is 2.18 bits per heavy atom. The largest absolute Gasteiger partial charge is 0.377 e. The van der Waals surface area contributed by atoms with Gasteiger partial charge in [-0.05, 0) is 0 Å². The maximum Gasteiger partial charge on any atom is 0.0701 e. The minimum Gasteiger partial charge on any atom is -0.377 e. The molecule has 1 fully saturated rings. The SMILES string of the molecule is CC(C)NC1COCCOC1. The van der Waals surface area contributed by atoms with Crippen molar-refractivity contribution < 1.29 is 9.47 Å². The van der Waals surface area contributed by atoms with Gasteiger partial charge in [-0.2, -0.15) is 0 Å². The van der Waals surface area contributed by atoms with E-state index in [0.717, 1.165) is 26.4 Å². The van der Waals surface area contributed by atoms with Gasteiger partial charge in [0.05, 0.1) is 32.5 Å². The average molecular weight is 159 g/mol. The fourth-order valence-electron chi connectivity index (χ4n) is 1.18. The van der Waals surface area contributed by atoms with Crippen molar-refractivity contribution >= 4 is 0 Å². The highest BCUT2D eigenvalue weighted by molar-refractivity contribution is 4.69. The Hall–Kier alpha value is -0.120. The van der Waals surface area contributed by atoms with Gasteiger partial charge in [0.2, 0.25) is 0 Å². The lowest BCUT2D eigenvalue weighted by Gasteiger charge is -2.17. The molecule has 1 rings (SSSR count). The average Bonchev–Trinajstić information content (AvgIpc) is 2.14. The van der Waals surface area contributed by atoms with Crippen LogP contribution in [0.5, 0.6) is 0 Å². The molecule has 3 heteroatoms. The first kappa shape index (κ1) is 8.97. The normalized spacial score (nSPS) is 22.1. The molecule has 1 aliphatic heterocycles. The molecular formula is C8H17NO2. The van der Waals surface area contributed by atoms with Crippen LogP contribution in [0.3, 0.4) is 0 Å². The lowest BCUT2D eigenvalue weighted by Crippen LogP contribution is -2.40. The van der Waals surface area contributed by atoms with Gasteiger partial charge in [-0.1, -0.05) is 13.8 Å². The molecule has 1 heterocycles. The van der Waals surface area contributed by atoms with Crippen LogP contribution in [0.1, 0.15) is 13.8 Å². The summed E-state index contributed by atoms with van der Waals surface area (Å²) in [5, 5.41) is 3.37. The molecule has 0 radical (unpaired) electrons. The molecule has 0 spiro atoms. The van der Waals surface area contributed by atoms with Crippen LogP contribution in [0.2, 0.25) is 0 Å². The van der Waals surface area contributed by atoms with Gasteiger partial charge in [-0.15, -0.1) is 0 Å². The van der Waals surface area contributed by atoms with Crippen LogP contribution in [0.15, 0.2) is 0 Å². The number of hydrogen-bond acceptors (Lipinski definition) is 3. The first-order valence-corrected chi connectivity index (χ1v) is 4.20. The Kier molecular flexibility index (Phi) is 3.83. The van der Waals surface area contributed by atoms with Gasteiger partial charge >= 0.3 is 0 Å². The van der Waals surface area contributed by atoms with Crippen molar-refractivity contribution in [3.63, 3.8) is 0 Å². The smallest absolute Gasteiger partial charge is 0.0701 e. The van der Waals surface area contributed by atoms with Gasteiger partial charge in [0.15, 0.2) is 0 Å². The van der Waals surface area contributed by atoms with E-state index in [2.05, 4.69) is 19.2 Å². The lowest BCUT2D eigenvalue weighted by molar-refractivity contribution is 0.103. The first-order valence-electron chi connectivity index (χ1n) is 4.20. The Balaban J connectivity index is 2.20. The van der Waals surface area contributed by atoms with E-state index in [9.17, 15) is 0 Å². The molecule has 0 aromatic heterocycles. The zero-order valence-electron chi connectivity index (χ0n) is 7.30. The molecule has 0 saturated carbocycles. The topological polar surface area (TPSA) is 30.5 Å². The van der Waals surface area contributed by atoms with Crippen LogP contribution in [0, 0.1) is 0 Å². The maximum atomic E-state index is 5.32. The third-order valence-electron chi connectivity index (χ3n) is 1.58. The van der Waals surface area contributed by atoms with Gasteiger partial charge in [-0.3, -0.25) is 0 Å². The van der Waals surface area contributed by atoms with E-state index in [1.807, 2.05) is 0 Å². The molecule has 0 aromatic rings. The molecule has 0 atom stereocenters. The minimum atomic E-state index is 0.373. The summed E-state index contributed by atoms with van der Waals surface area (Å²) in [6.45, 7) is 7.28. The van der Waals surface area contributed by atoms with Crippen molar-refractivity contribution in [2.75, 3.05) is 26.4 Å². The monoisotopic (exact) mass is 159 g/mol. The Morgan fingerprint density at radius 2 is 1.73 bits per heavy atom. The molecule has 1 N–H and O–H groups in total. The number of ether oxygens (including phenoxy) is 2. The molecular weight excluding hydrogens is 142 g/mol. The van der Waals surface area contributed by atoms with Gasteiger partial charge in [-0.25, -0.2) is 0 Å². The number of nitrogens with one attached hydrogen (secondary N) is 1. The summed E-state index contributed by atoms with van der Waals surface area (Å²) >= 11 is 0. The third-order valence-corrected chi connectivity index (χ3v) is 1.58. The summed E-state index contributed by atoms with van der Waals surface area (Å²) in [6.07, 6.45) is 0. The van der Waals surface area contributed by atoms with Crippen LogP contribution in [0.25, 0.3) is 0 Å². The summed E-state index contributed by atoms with van der Waals surface area (Å²) in [5.41, 5.74) is 0. The highest BCUT2D eigenvalue weighted by Crippen LogP contribution is 1.95. The van der Waals surface area contributed by atoms with Crippen molar-refractivity contribution in [2.24, 2.45) is 0 Å². The zero-order valence-corrected chi connectivity index (χ0v) is 7.30. The fraction of sp³-hybridized carbons (Fsp3) is 1.00. The maximum absolute atomic E-state index is 5.32. The molecule has 0 aromatic carbocycles. The summed E-state index contributed by atoms with van der Waals surface area (Å²) in [5.74, 6) is 0. The Morgan fingerprint density at radius 1 is 1.18 bits per heavy atom. The predicted octanol–water partition coefficient (Wildman–Crippen LogP) is 0.400. The summed E-state index contributed by atoms with van der Waals surface area (Å²) < 4.78 is 10.6. The molecule has 0 bridgehead atoms. The van der Waals surface area contributed by atoms with Crippen LogP contribution in [0.4, 0.5) is 0 Å². The zero-order chi connectivity index (χ0) is 8.10. The minimum absolute atomic E-state index is 0.373. The Bertz CT molecular complexity index is 98.3. The molecule has 3 nitrogen and oxygen atoms in total. The van der Waals surface area contributed by atoms with E-state index in [4.69, 9.17) is 9.47 Å². The van der Waals surface area contributed by atoms with E-state index in [0.29, 0.717) is 12.1 Å². The van der Waals surface area contributed by atoms with E-state index in [1.54, 1.807) is 0 Å². The highest BCUT2D eigenvalue weighted by atomic mass is 16.5. The molecule has 0 amide bonds. The second-order valence-electron chi connectivity index (χ2n) is 3.17. The standard InChI is InChI=1S/C8H17NO2/c1-7(2)9-8-5-10-3-4-11-6-8/h7-9H,3-6H2,1-2H3. The highest BCUT2D eigenvalue weighted by Gasteiger charge is 2.12. The van der Waals surface area contributed by atoms with Crippen LogP contribution in [-0.4, -0.2) is 38.5 Å². The lowest BCUT2D eigenvalue weighted by atomic mass is 10.3. The van der Waals surface area contributed by atoms with Crippen molar-refractivity contribution in [1.82, 2.24) is 5.32 Å². The molecule has 11 heavy (non-hydrogen) atoms. The van der Waals surface area contributed by atoms with E-state index in [-0.39, 0.29) is 0 Å². The summed E-state index contributed by atoms with van der Waals surface area (Å²) in [4.78, 5) is 0. The van der Waals surface area contributed by atoms with Gasteiger partial charge in [0, 0.05) is 6.04 Å². The Labute approximate surface area is 68.1 Å². The second-order valence-corrected chi connectivity index (χ2v) is 3.17. The van der Waals surface area contributed by atoms with Crippen LogP contribution < -0.4 is 5.32 Å². The number of hydrogen-bond donors (Lipinski definition) is 1. The number of rotatable bonds is 2. The van der Waals surface area contributed by atoms with Crippen molar-refractivity contribution in [1.29, 1.82) is 0 Å². The van der Waals surface area contributed by atoms with Crippen LogP contribution >= 0.6 is 0 Å². The van der Waals surface area contributed by atoms with E-state index < -0.39 is 0 Å². The predicted molar refractivity (Wildman–Crippen MR) is 43.7 cm³/mol. The molecule has 1 aliphatic rings. The van der Waals surface area contributed by atoms with Gasteiger partial charge < -0.3 is 14.8 Å². The van der Waals surface area contributed by atoms with Gasteiger partial charge in [0.25, 0.3) is 0 Å². The first-order chi connectivity index (χ1) is 5.29. The van der Waals surface area contributed by atoms with Crippen molar-refractivity contribution in [2.45, 2.75) is 25.9 Å². The summed E-state index contributed by atoms with van der Waals surface area (Å²) in [6, 6.07) is 0.878. The van der Waals surface area contributed by atoms with E-state index >= 15 is 0 Å². The molecule has 0 aliphatic carbocycles. The molecule has 0 unspecified atom stereocenters. The third kappa shape index (κ3) is 3.70. The van der Waals surface area contributed by atoms with Crippen LogP contribution in [-0.2, 0) is 9.47 Å². The van der Waals surface area contributed by atoms with Crippen molar-refractivity contribution in [3.05, 3.63) is 0 Å². The molecule has 1 saturated heterocycles. The van der Waals surface area contributed by atoms with E-state index in [1.165, 1.54) is 0 Å².